The topological polar surface area (TPSA) is 126 Å². The molecule has 0 radical (unpaired) electrons. The molecule has 0 saturated carbocycles. The lowest BCUT2D eigenvalue weighted by Gasteiger charge is -2.23. The monoisotopic (exact) mass is 531 g/mol. The number of ether oxygens (including phenoxy) is 1. The van der Waals surface area contributed by atoms with Crippen molar-refractivity contribution in [3.63, 3.8) is 0 Å². The Labute approximate surface area is 208 Å². The maximum absolute atomic E-state index is 12.4. The number of nitrogens with two attached hydrogens (primary N) is 1. The minimum absolute atomic E-state index is 0.0338. The zero-order chi connectivity index (χ0) is 25.4. The molecule has 34 heavy (non-hydrogen) atoms. The molecule has 0 aliphatic heterocycles. The van der Waals surface area contributed by atoms with Gasteiger partial charge in [-0.05, 0) is 37.5 Å². The summed E-state index contributed by atoms with van der Waals surface area (Å²) < 4.78 is 29.9. The van der Waals surface area contributed by atoms with Gasteiger partial charge in [-0.25, -0.2) is 9.36 Å². The number of nitrogens with zero attached hydrogens (tertiary/aromatic N) is 2. The summed E-state index contributed by atoms with van der Waals surface area (Å²) in [7, 11) is -0.834. The Hall–Kier alpha value is -1.33. The van der Waals surface area contributed by atoms with E-state index in [1.54, 1.807) is 28.5 Å². The molecule has 0 amide bonds. The van der Waals surface area contributed by atoms with E-state index >= 15 is 0 Å². The molecule has 0 aliphatic carbocycles. The Bertz CT molecular complexity index is 1030. The van der Waals surface area contributed by atoms with Crippen LogP contribution in [-0.2, 0) is 24.8 Å². The fraction of sp³-hybridized carbons (Fsp3) is 0.545. The van der Waals surface area contributed by atoms with Crippen LogP contribution in [0.3, 0.4) is 0 Å². The highest BCUT2D eigenvalue weighted by molar-refractivity contribution is 8.77. The van der Waals surface area contributed by atoms with Crippen molar-refractivity contribution < 1.29 is 23.2 Å². The predicted octanol–water partition coefficient (Wildman–Crippen LogP) is 5.05. The number of aromatic nitrogens is 2. The van der Waals surface area contributed by atoms with Gasteiger partial charge in [-0.2, -0.15) is 4.98 Å². The number of benzene rings is 1. The van der Waals surface area contributed by atoms with Gasteiger partial charge >= 0.3 is 13.5 Å². The van der Waals surface area contributed by atoms with Gasteiger partial charge in [0.25, 0.3) is 0 Å². The lowest BCUT2D eigenvalue weighted by atomic mass is 10.2. The fourth-order valence-corrected chi connectivity index (χ4v) is 5.76. The number of rotatable bonds is 13. The van der Waals surface area contributed by atoms with E-state index in [-0.39, 0.29) is 23.8 Å². The van der Waals surface area contributed by atoms with Crippen LogP contribution in [0.1, 0.15) is 52.8 Å². The number of phosphoric ester groups is 1. The molecular weight excluding hydrogens is 497 g/mol. The third-order valence-electron chi connectivity index (χ3n) is 4.49. The van der Waals surface area contributed by atoms with Crippen molar-refractivity contribution in [3.8, 4) is 0 Å². The molecule has 190 valence electrons. The fourth-order valence-electron chi connectivity index (χ4n) is 2.75. The predicted molar refractivity (Wildman–Crippen MR) is 138 cm³/mol. The second kappa shape index (κ2) is 13.1. The first-order valence-electron chi connectivity index (χ1n) is 11.0. The van der Waals surface area contributed by atoms with E-state index in [0.29, 0.717) is 12.8 Å². The maximum atomic E-state index is 12.4. The molecule has 0 spiro atoms. The van der Waals surface area contributed by atoms with E-state index in [0.717, 1.165) is 10.5 Å². The molecule has 1 heterocycles. The van der Waals surface area contributed by atoms with E-state index in [1.807, 2.05) is 31.2 Å². The normalized spacial score (nSPS) is 15.6. The number of hydrogen-bond donors (Lipinski definition) is 2. The minimum atomic E-state index is -4.27. The van der Waals surface area contributed by atoms with Crippen LogP contribution in [0.5, 0.6) is 0 Å². The van der Waals surface area contributed by atoms with E-state index in [2.05, 4.69) is 25.8 Å². The second-order valence-electron chi connectivity index (χ2n) is 8.54. The zero-order valence-electron chi connectivity index (χ0n) is 20.2. The highest BCUT2D eigenvalue weighted by Gasteiger charge is 2.24. The summed E-state index contributed by atoms with van der Waals surface area (Å²) in [5, 5.41) is 0. The van der Waals surface area contributed by atoms with E-state index in [9.17, 15) is 14.3 Å². The third kappa shape index (κ3) is 10.1. The molecule has 9 nitrogen and oxygen atoms in total. The molecule has 2 rings (SSSR count). The minimum Gasteiger partial charge on any atom is -0.383 e. The van der Waals surface area contributed by atoms with Gasteiger partial charge in [-0.1, -0.05) is 67.5 Å². The van der Waals surface area contributed by atoms with Gasteiger partial charge in [-0.3, -0.25) is 13.6 Å². The van der Waals surface area contributed by atoms with Gasteiger partial charge in [0.1, 0.15) is 12.0 Å². The van der Waals surface area contributed by atoms with Crippen molar-refractivity contribution in [1.82, 2.24) is 9.55 Å². The van der Waals surface area contributed by atoms with Crippen LogP contribution in [0.15, 0.2) is 46.2 Å². The molecule has 3 atom stereocenters. The van der Waals surface area contributed by atoms with Crippen molar-refractivity contribution >= 4 is 35.2 Å². The van der Waals surface area contributed by atoms with Gasteiger partial charge in [0.2, 0.25) is 0 Å². The molecule has 12 heteroatoms. The molecule has 3 unspecified atom stereocenters. The first-order chi connectivity index (χ1) is 15.9. The van der Waals surface area contributed by atoms with E-state index in [1.165, 1.54) is 16.8 Å². The lowest BCUT2D eigenvalue weighted by Crippen LogP contribution is -2.30. The number of hydrogen-bond acceptors (Lipinski definition) is 9. The molecule has 0 aliphatic rings. The van der Waals surface area contributed by atoms with Crippen molar-refractivity contribution in [2.75, 3.05) is 18.9 Å². The van der Waals surface area contributed by atoms with Gasteiger partial charge in [0, 0.05) is 15.8 Å². The summed E-state index contributed by atoms with van der Waals surface area (Å²) in [5.74, 6) is 0.122. The average molecular weight is 532 g/mol. The average Bonchev–Trinajstić information content (AvgIpc) is 2.75. The summed E-state index contributed by atoms with van der Waals surface area (Å²) in [6.07, 6.45) is 1.26. The molecule has 0 fully saturated rings. The first kappa shape index (κ1) is 28.9. The van der Waals surface area contributed by atoms with Crippen LogP contribution in [0.2, 0.25) is 0 Å². The van der Waals surface area contributed by atoms with E-state index < -0.39 is 25.8 Å². The molecule has 1 aromatic heterocycles. The number of anilines is 1. The summed E-state index contributed by atoms with van der Waals surface area (Å²) in [5.41, 5.74) is 6.00. The van der Waals surface area contributed by atoms with Crippen LogP contribution in [0, 0.1) is 0 Å². The second-order valence-corrected chi connectivity index (χ2v) is 13.0. The number of nitrogen functional groups attached to an aromatic ring is 1. The highest BCUT2D eigenvalue weighted by Crippen LogP contribution is 2.44. The zero-order valence-corrected chi connectivity index (χ0v) is 22.7. The Kier molecular flexibility index (Phi) is 11.1. The van der Waals surface area contributed by atoms with Gasteiger partial charge in [0.05, 0.1) is 19.3 Å². The highest BCUT2D eigenvalue weighted by atomic mass is 33.1. The van der Waals surface area contributed by atoms with Crippen molar-refractivity contribution in [3.05, 3.63) is 52.6 Å². The molecule has 1 aromatic carbocycles. The van der Waals surface area contributed by atoms with Crippen LogP contribution in [0.4, 0.5) is 5.82 Å². The third-order valence-corrected chi connectivity index (χ3v) is 8.93. The Morgan fingerprint density at radius 2 is 1.94 bits per heavy atom. The van der Waals surface area contributed by atoms with Gasteiger partial charge in [-0.15, -0.1) is 0 Å². The summed E-state index contributed by atoms with van der Waals surface area (Å²) in [4.78, 5) is 26.8. The molecule has 0 bridgehead atoms. The largest absolute Gasteiger partial charge is 0.472 e. The van der Waals surface area contributed by atoms with Crippen molar-refractivity contribution in [1.29, 1.82) is 0 Å². The Morgan fingerprint density at radius 1 is 1.24 bits per heavy atom. The van der Waals surface area contributed by atoms with Crippen molar-refractivity contribution in [2.45, 2.75) is 69.4 Å². The lowest BCUT2D eigenvalue weighted by molar-refractivity contribution is -0.0681. The van der Waals surface area contributed by atoms with E-state index in [4.69, 9.17) is 19.5 Å². The summed E-state index contributed by atoms with van der Waals surface area (Å²) in [6, 6.07) is 9.40. The van der Waals surface area contributed by atoms with Crippen molar-refractivity contribution in [2.24, 2.45) is 0 Å². The molecule has 0 saturated heterocycles. The smallest absolute Gasteiger partial charge is 0.383 e. The summed E-state index contributed by atoms with van der Waals surface area (Å²) >= 11 is 0. The maximum Gasteiger partial charge on any atom is 0.472 e. The quantitative estimate of drug-likeness (QED) is 0.268. The Balaban J connectivity index is 1.86. The van der Waals surface area contributed by atoms with Crippen LogP contribution in [0.25, 0.3) is 0 Å². The van der Waals surface area contributed by atoms with Crippen LogP contribution in [-0.4, -0.2) is 38.5 Å². The first-order valence-corrected chi connectivity index (χ1v) is 14.6. The van der Waals surface area contributed by atoms with Crippen LogP contribution < -0.4 is 11.4 Å². The van der Waals surface area contributed by atoms with Gasteiger partial charge in [0.15, 0.2) is 0 Å². The Morgan fingerprint density at radius 3 is 2.59 bits per heavy atom. The number of phosphoric acid groups is 1. The summed E-state index contributed by atoms with van der Waals surface area (Å²) in [6.45, 7) is 9.83. The van der Waals surface area contributed by atoms with Crippen LogP contribution >= 0.6 is 29.4 Å². The molecule has 2 aromatic rings. The standard InChI is InChI=1S/C22H34N3O6PS2/c1-6-18(31-16(2)25-13-11-20(23)24-21(25)26)15-30-32(27,28)29-14-12-17-9-7-8-10-19(17)33-34-22(3,4)5/h7-11,13,16,18H,6,12,14-15H2,1-5H3,(H,27,28)(H2,23,24,26). The molecule has 3 N–H and O–H groups in total. The van der Waals surface area contributed by atoms with Gasteiger partial charge < -0.3 is 15.4 Å². The SMILES string of the molecule is CCC(COP(=O)(O)OCCc1ccccc1SSC(C)(C)C)OC(C)n1ccc(N)nc1=O. The molecular formula is C22H34N3O6PS2.